The number of nitrogens with one attached hydrogen (secondary N) is 1. The van der Waals surface area contributed by atoms with Gasteiger partial charge in [0.15, 0.2) is 0 Å². The van der Waals surface area contributed by atoms with Crippen molar-refractivity contribution in [2.75, 3.05) is 7.05 Å². The van der Waals surface area contributed by atoms with Crippen molar-refractivity contribution in [1.82, 2.24) is 20.0 Å². The van der Waals surface area contributed by atoms with Crippen LogP contribution in [0.2, 0.25) is 5.02 Å². The van der Waals surface area contributed by atoms with Gasteiger partial charge < -0.3 is 10.2 Å². The maximum atomic E-state index is 13.0. The van der Waals surface area contributed by atoms with Gasteiger partial charge in [0.1, 0.15) is 0 Å². The number of rotatable bonds is 3. The summed E-state index contributed by atoms with van der Waals surface area (Å²) in [5.74, 6) is 0.0593. The molecular weight excluding hydrogens is 371 g/mol. The molecule has 0 spiro atoms. The third-order valence-corrected chi connectivity index (χ3v) is 5.79. The highest BCUT2D eigenvalue weighted by Gasteiger charge is 2.37. The van der Waals surface area contributed by atoms with E-state index in [2.05, 4.69) is 10.4 Å². The van der Waals surface area contributed by atoms with Gasteiger partial charge in [-0.1, -0.05) is 11.6 Å². The number of hydrogen-bond donors (Lipinski definition) is 1. The van der Waals surface area contributed by atoms with Crippen LogP contribution < -0.4 is 5.32 Å². The number of benzene rings is 1. The molecule has 2 aliphatic rings. The molecule has 2 fully saturated rings. The van der Waals surface area contributed by atoms with Gasteiger partial charge >= 0.3 is 0 Å². The summed E-state index contributed by atoms with van der Waals surface area (Å²) < 4.78 is 1.75. The van der Waals surface area contributed by atoms with E-state index in [1.807, 2.05) is 49.3 Å². The number of halogens is 2. The molecule has 140 valence electrons. The Kier molecular flexibility index (Phi) is 5.61. The number of aryl methyl sites for hydroxylation is 1. The van der Waals surface area contributed by atoms with Crippen LogP contribution in [0.4, 0.5) is 0 Å². The monoisotopic (exact) mass is 394 g/mol. The van der Waals surface area contributed by atoms with Crippen molar-refractivity contribution in [3.05, 3.63) is 46.7 Å². The van der Waals surface area contributed by atoms with E-state index in [9.17, 15) is 4.79 Å². The van der Waals surface area contributed by atoms with Gasteiger partial charge in [-0.3, -0.25) is 4.79 Å². The average Bonchev–Trinajstić information content (AvgIpc) is 3.16. The molecule has 4 rings (SSSR count). The van der Waals surface area contributed by atoms with Crippen LogP contribution in [0.25, 0.3) is 5.69 Å². The third kappa shape index (κ3) is 3.61. The first-order valence-corrected chi connectivity index (χ1v) is 9.24. The number of nitrogens with zero attached hydrogens (tertiary/aromatic N) is 3. The smallest absolute Gasteiger partial charge is 0.257 e. The van der Waals surface area contributed by atoms with E-state index >= 15 is 0 Å². The highest BCUT2D eigenvalue weighted by Crippen LogP contribution is 2.30. The van der Waals surface area contributed by atoms with Gasteiger partial charge in [0.05, 0.1) is 16.9 Å². The van der Waals surface area contributed by atoms with Gasteiger partial charge in [-0.2, -0.15) is 5.10 Å². The number of hydrogen-bond acceptors (Lipinski definition) is 3. The second-order valence-electron chi connectivity index (χ2n) is 7.23. The fourth-order valence-electron chi connectivity index (χ4n) is 4.10. The molecule has 2 bridgehead atoms. The van der Waals surface area contributed by atoms with E-state index in [1.165, 1.54) is 12.8 Å². The number of carbonyl (C=O) groups is 1. The Morgan fingerprint density at radius 2 is 1.85 bits per heavy atom. The summed E-state index contributed by atoms with van der Waals surface area (Å²) in [7, 11) is 1.93. The Morgan fingerprint density at radius 3 is 2.46 bits per heavy atom. The zero-order chi connectivity index (χ0) is 17.6. The molecule has 2 aromatic rings. The quantitative estimate of drug-likeness (QED) is 0.864. The van der Waals surface area contributed by atoms with Crippen molar-refractivity contribution in [2.45, 2.75) is 50.7 Å². The lowest BCUT2D eigenvalue weighted by Gasteiger charge is -2.35. The number of carbonyl (C=O) groups excluding carboxylic acids is 1. The van der Waals surface area contributed by atoms with E-state index in [-0.39, 0.29) is 18.3 Å². The van der Waals surface area contributed by atoms with Gasteiger partial charge in [0.25, 0.3) is 5.91 Å². The van der Waals surface area contributed by atoms with Gasteiger partial charge in [0, 0.05) is 36.4 Å². The molecule has 2 aliphatic heterocycles. The molecule has 26 heavy (non-hydrogen) atoms. The summed E-state index contributed by atoms with van der Waals surface area (Å²) in [6.45, 7) is 1.89. The lowest BCUT2D eigenvalue weighted by atomic mass is 9.98. The molecule has 1 amide bonds. The van der Waals surface area contributed by atoms with Crippen LogP contribution in [0.3, 0.4) is 0 Å². The fraction of sp³-hybridized carbons (Fsp3) is 0.474. The van der Waals surface area contributed by atoms with Gasteiger partial charge in [0.2, 0.25) is 0 Å². The van der Waals surface area contributed by atoms with E-state index in [4.69, 9.17) is 11.6 Å². The molecule has 0 aliphatic carbocycles. The van der Waals surface area contributed by atoms with Crippen molar-refractivity contribution in [1.29, 1.82) is 0 Å². The molecule has 2 saturated heterocycles. The third-order valence-electron chi connectivity index (χ3n) is 5.54. The van der Waals surface area contributed by atoms with E-state index in [1.54, 1.807) is 4.68 Å². The van der Waals surface area contributed by atoms with Crippen molar-refractivity contribution in [3.63, 3.8) is 0 Å². The van der Waals surface area contributed by atoms with E-state index < -0.39 is 0 Å². The molecule has 1 aromatic carbocycles. The highest BCUT2D eigenvalue weighted by atomic mass is 35.5. The van der Waals surface area contributed by atoms with Crippen LogP contribution in [0, 0.1) is 6.92 Å². The predicted molar refractivity (Wildman–Crippen MR) is 106 cm³/mol. The van der Waals surface area contributed by atoms with Crippen LogP contribution in [0.1, 0.15) is 41.7 Å². The molecular formula is C19H24Cl2N4O. The summed E-state index contributed by atoms with van der Waals surface area (Å²) in [5.41, 5.74) is 2.32. The van der Waals surface area contributed by atoms with Gasteiger partial charge in [-0.15, -0.1) is 12.4 Å². The first kappa shape index (κ1) is 19.2. The Labute approximate surface area is 165 Å². The largest absolute Gasteiger partial charge is 0.338 e. The van der Waals surface area contributed by atoms with Crippen LogP contribution in [-0.2, 0) is 0 Å². The highest BCUT2D eigenvalue weighted by molar-refractivity contribution is 6.30. The number of piperidine rings is 1. The second-order valence-corrected chi connectivity index (χ2v) is 7.66. The maximum absolute atomic E-state index is 13.0. The summed E-state index contributed by atoms with van der Waals surface area (Å²) in [5, 5.41) is 8.83. The van der Waals surface area contributed by atoms with Crippen molar-refractivity contribution in [3.8, 4) is 5.69 Å². The Hall–Kier alpha value is -1.56. The minimum Gasteiger partial charge on any atom is -0.338 e. The Bertz CT molecular complexity index is 777. The first-order valence-electron chi connectivity index (χ1n) is 8.86. The summed E-state index contributed by atoms with van der Waals surface area (Å²) in [6, 6.07) is 8.89. The van der Waals surface area contributed by atoms with Gasteiger partial charge in [-0.05, 0) is 56.9 Å². The zero-order valence-corrected chi connectivity index (χ0v) is 16.6. The Morgan fingerprint density at radius 1 is 1.23 bits per heavy atom. The second kappa shape index (κ2) is 7.59. The van der Waals surface area contributed by atoms with Crippen LogP contribution in [-0.4, -0.2) is 45.8 Å². The standard InChI is InChI=1S/C19H23ClN4O.ClH/c1-12-18(11-24(22-12)16-7-3-13(20)4-8-16)19(25)23(2)17-9-14-5-6-15(10-17)21-14;/h3-4,7-8,11,14-15,17,21H,5-6,9-10H2,1-2H3;1H. The van der Waals surface area contributed by atoms with Crippen LogP contribution in [0.15, 0.2) is 30.5 Å². The molecule has 7 heteroatoms. The van der Waals surface area contributed by atoms with Crippen LogP contribution >= 0.6 is 24.0 Å². The predicted octanol–water partition coefficient (Wildman–Crippen LogP) is 3.61. The normalized spacial score (nSPS) is 24.2. The van der Waals surface area contributed by atoms with E-state index in [0.29, 0.717) is 28.7 Å². The number of fused-ring (bicyclic) bond motifs is 2. The lowest BCUT2D eigenvalue weighted by molar-refractivity contribution is 0.0681. The SMILES string of the molecule is Cc1nn(-c2ccc(Cl)cc2)cc1C(=O)N(C)C1CC2CCC(C1)N2.Cl. The molecule has 0 saturated carbocycles. The van der Waals surface area contributed by atoms with Gasteiger partial charge in [-0.25, -0.2) is 4.68 Å². The molecule has 5 nitrogen and oxygen atoms in total. The van der Waals surface area contributed by atoms with Crippen molar-refractivity contribution in [2.24, 2.45) is 0 Å². The molecule has 2 atom stereocenters. The summed E-state index contributed by atoms with van der Waals surface area (Å²) in [6.07, 6.45) is 6.38. The lowest BCUT2D eigenvalue weighted by Crippen LogP contribution is -2.48. The maximum Gasteiger partial charge on any atom is 0.257 e. The average molecular weight is 395 g/mol. The molecule has 1 N–H and O–H groups in total. The minimum absolute atomic E-state index is 0. The molecule has 1 aromatic heterocycles. The molecule has 0 radical (unpaired) electrons. The number of amides is 1. The number of aromatic nitrogens is 2. The van der Waals surface area contributed by atoms with Crippen molar-refractivity contribution < 1.29 is 4.79 Å². The first-order chi connectivity index (χ1) is 12.0. The zero-order valence-electron chi connectivity index (χ0n) is 15.0. The summed E-state index contributed by atoms with van der Waals surface area (Å²) >= 11 is 5.95. The van der Waals surface area contributed by atoms with Crippen LogP contribution in [0.5, 0.6) is 0 Å². The summed E-state index contributed by atoms with van der Waals surface area (Å²) in [4.78, 5) is 14.9. The van der Waals surface area contributed by atoms with E-state index in [0.717, 1.165) is 24.2 Å². The molecule has 2 unspecified atom stereocenters. The topological polar surface area (TPSA) is 50.2 Å². The fourth-order valence-corrected chi connectivity index (χ4v) is 4.22. The Balaban J connectivity index is 0.00000196. The molecule has 3 heterocycles. The minimum atomic E-state index is 0. The van der Waals surface area contributed by atoms with Crippen molar-refractivity contribution >= 4 is 29.9 Å².